The largest absolute Gasteiger partial charge is 0.124 e. The van der Waals surface area contributed by atoms with Crippen molar-refractivity contribution in [3.63, 3.8) is 0 Å². The molecule has 0 heterocycles. The molecule has 0 radical (unpaired) electrons. The zero-order valence-corrected chi connectivity index (χ0v) is 48.3. The van der Waals surface area contributed by atoms with Gasteiger partial charge in [-0.1, -0.05) is 203 Å². The average Bonchev–Trinajstić information content (AvgIpc) is 3.80. The highest BCUT2D eigenvalue weighted by Crippen LogP contribution is 2.55. The van der Waals surface area contributed by atoms with E-state index in [2.05, 4.69) is 253 Å². The van der Waals surface area contributed by atoms with Gasteiger partial charge in [-0.25, -0.2) is 0 Å². The highest BCUT2D eigenvalue weighted by atomic mass is 14.4. The standard InChI is InChI=1S/C72H80.C2H2/c1-67(2,3)46-20-19-21-47(68(4,5)6)29-44-26-43(28-46)55-38-60-52-25-23-42-32-57-63(65-36-51(72(16,17)18)31-45-30-50(71(13,14)15)35-64(57)66(45)65)37-54(42)59(52)40-62(61(60)39-56(44)55)58-34-49(70(10,11)12)27-41-22-24-48(33-53(41)58)69(7,8)9;1-2/h20-25,27-37,39-40,55H,19,26,38H2,1-18H3;1-2H/b43-28+,44-29+,46-20+,47-21+;. The first-order valence-electron chi connectivity index (χ1n) is 27.6. The van der Waals surface area contributed by atoms with Crippen molar-refractivity contribution < 1.29 is 0 Å². The van der Waals surface area contributed by atoms with E-state index in [0.717, 1.165) is 19.3 Å². The van der Waals surface area contributed by atoms with Crippen LogP contribution in [0.15, 0.2) is 137 Å². The van der Waals surface area contributed by atoms with Crippen LogP contribution in [0.2, 0.25) is 0 Å². The lowest BCUT2D eigenvalue weighted by atomic mass is 9.75. The van der Waals surface area contributed by atoms with Crippen LogP contribution in [0.5, 0.6) is 0 Å². The van der Waals surface area contributed by atoms with Gasteiger partial charge in [0.25, 0.3) is 0 Å². The quantitative estimate of drug-likeness (QED) is 0.114. The number of rotatable bonds is 1. The minimum absolute atomic E-state index is 0.0122. The molecule has 0 N–H and O–H groups in total. The maximum atomic E-state index is 4.00. The normalized spacial score (nSPS) is 19.8. The summed E-state index contributed by atoms with van der Waals surface area (Å²) in [6, 6.07) is 35.1. The topological polar surface area (TPSA) is 0 Å². The molecule has 0 heteroatoms. The Bertz CT molecular complexity index is 3710. The van der Waals surface area contributed by atoms with E-state index in [-0.39, 0.29) is 32.5 Å². The third-order valence-electron chi connectivity index (χ3n) is 17.1. The molecule has 378 valence electrons. The molecule has 2 bridgehead atoms. The number of hydrogen-bond donors (Lipinski definition) is 0. The lowest BCUT2D eigenvalue weighted by Crippen LogP contribution is -2.14. The number of allylic oxidation sites excluding steroid dienone is 9. The molecule has 74 heavy (non-hydrogen) atoms. The first-order chi connectivity index (χ1) is 34.4. The van der Waals surface area contributed by atoms with Gasteiger partial charge in [-0.05, 0) is 226 Å². The van der Waals surface area contributed by atoms with E-state index < -0.39 is 0 Å². The van der Waals surface area contributed by atoms with Crippen molar-refractivity contribution in [2.75, 3.05) is 0 Å². The maximum Gasteiger partial charge on any atom is 0.00986 e. The summed E-state index contributed by atoms with van der Waals surface area (Å²) >= 11 is 0. The molecule has 4 aliphatic rings. The molecular formula is C74H82. The number of terminal acetylenes is 1. The van der Waals surface area contributed by atoms with Crippen molar-refractivity contribution in [3.8, 4) is 46.2 Å². The van der Waals surface area contributed by atoms with Crippen molar-refractivity contribution in [3.05, 3.63) is 170 Å². The summed E-state index contributed by atoms with van der Waals surface area (Å²) in [7, 11) is 0. The van der Waals surface area contributed by atoms with Crippen LogP contribution in [0.4, 0.5) is 0 Å². The highest BCUT2D eigenvalue weighted by molar-refractivity contribution is 6.21. The van der Waals surface area contributed by atoms with Crippen LogP contribution in [-0.4, -0.2) is 0 Å². The molecule has 0 amide bonds. The Balaban J connectivity index is 0.00000309. The average molecular weight is 971 g/mol. The predicted molar refractivity (Wildman–Crippen MR) is 327 cm³/mol. The molecule has 0 aliphatic heterocycles. The van der Waals surface area contributed by atoms with Crippen LogP contribution >= 0.6 is 0 Å². The fourth-order valence-electron chi connectivity index (χ4n) is 12.5. The van der Waals surface area contributed by atoms with Gasteiger partial charge in [-0.2, -0.15) is 0 Å². The van der Waals surface area contributed by atoms with E-state index in [1.165, 1.54) is 132 Å². The minimum atomic E-state index is -0.0323. The van der Waals surface area contributed by atoms with E-state index in [0.29, 0.717) is 5.92 Å². The number of hydrogen-bond acceptors (Lipinski definition) is 0. The summed E-state index contributed by atoms with van der Waals surface area (Å²) in [5, 5.41) is 10.8. The zero-order valence-electron chi connectivity index (χ0n) is 48.3. The predicted octanol–water partition coefficient (Wildman–Crippen LogP) is 21.2. The smallest absolute Gasteiger partial charge is 0.00986 e. The van der Waals surface area contributed by atoms with Crippen molar-refractivity contribution in [2.45, 2.75) is 166 Å². The minimum Gasteiger partial charge on any atom is -0.124 e. The second-order valence-corrected chi connectivity index (χ2v) is 28.7. The van der Waals surface area contributed by atoms with Crippen molar-refractivity contribution >= 4 is 49.2 Å². The molecule has 1 unspecified atom stereocenters. The van der Waals surface area contributed by atoms with Gasteiger partial charge in [0.1, 0.15) is 0 Å². The fraction of sp³-hybridized carbons (Fsp3) is 0.378. The highest BCUT2D eigenvalue weighted by Gasteiger charge is 2.38. The van der Waals surface area contributed by atoms with Crippen LogP contribution in [-0.2, 0) is 28.1 Å². The third-order valence-corrected chi connectivity index (χ3v) is 17.1. The molecule has 0 aromatic heterocycles. The second kappa shape index (κ2) is 17.2. The molecule has 1 fully saturated rings. The van der Waals surface area contributed by atoms with Gasteiger partial charge < -0.3 is 0 Å². The van der Waals surface area contributed by atoms with E-state index in [1.54, 1.807) is 5.57 Å². The maximum absolute atomic E-state index is 4.00. The number of benzene rings is 7. The summed E-state index contributed by atoms with van der Waals surface area (Å²) in [6.07, 6.45) is 23.8. The van der Waals surface area contributed by atoms with Crippen molar-refractivity contribution in [1.82, 2.24) is 0 Å². The first kappa shape index (κ1) is 51.3. The summed E-state index contributed by atoms with van der Waals surface area (Å²) in [6.45, 7) is 42.7. The van der Waals surface area contributed by atoms with E-state index in [9.17, 15) is 0 Å². The molecule has 0 saturated heterocycles. The van der Waals surface area contributed by atoms with Crippen LogP contribution in [0.1, 0.15) is 171 Å². The molecule has 0 nitrogen and oxygen atoms in total. The Morgan fingerprint density at radius 3 is 1.46 bits per heavy atom. The van der Waals surface area contributed by atoms with Crippen LogP contribution in [0.3, 0.4) is 0 Å². The number of fused-ring (bicyclic) bond motifs is 14. The fourth-order valence-corrected chi connectivity index (χ4v) is 12.5. The summed E-state index contributed by atoms with van der Waals surface area (Å²) in [5.74, 6) is 0.313. The van der Waals surface area contributed by atoms with Crippen LogP contribution < -0.4 is 0 Å². The SMILES string of the molecule is C#C.CC(C)(C)C1=C/C/C=C(C(C)(C)C)\C=C2/C/C(=C\1)C1=Cc3c(-c4cc(C(C)(C)C)cc5ccc(C(C)(C)C)cc45)cc4c(ccc5cc6c(cc54)-c4cc(C(C)(C)C)cc5cc(C(C)(C)C)cc-6c45)c3CC12. The van der Waals surface area contributed by atoms with Gasteiger partial charge in [0.05, 0.1) is 0 Å². The molecule has 11 rings (SSSR count). The third kappa shape index (κ3) is 8.75. The van der Waals surface area contributed by atoms with Gasteiger partial charge in [0.15, 0.2) is 0 Å². The Morgan fingerprint density at radius 1 is 0.392 bits per heavy atom. The van der Waals surface area contributed by atoms with Gasteiger partial charge >= 0.3 is 0 Å². The molecule has 7 aromatic rings. The van der Waals surface area contributed by atoms with Crippen LogP contribution in [0, 0.1) is 29.6 Å². The van der Waals surface area contributed by atoms with Crippen molar-refractivity contribution in [2.24, 2.45) is 16.7 Å². The summed E-state index contributed by atoms with van der Waals surface area (Å²) in [5.41, 5.74) is 24.2. The first-order valence-corrected chi connectivity index (χ1v) is 27.6. The Hall–Kier alpha value is -6.16. The Kier molecular flexibility index (Phi) is 11.9. The van der Waals surface area contributed by atoms with Crippen molar-refractivity contribution in [1.29, 1.82) is 0 Å². The second-order valence-electron chi connectivity index (χ2n) is 28.7. The van der Waals surface area contributed by atoms with Gasteiger partial charge in [-0.15, -0.1) is 12.8 Å². The molecular weight excluding hydrogens is 889 g/mol. The zero-order chi connectivity index (χ0) is 53.6. The lowest BCUT2D eigenvalue weighted by molar-refractivity contribution is 0.510. The van der Waals surface area contributed by atoms with Gasteiger partial charge in [0, 0.05) is 5.92 Å². The molecule has 0 spiro atoms. The molecule has 1 atom stereocenters. The Morgan fingerprint density at radius 2 is 0.892 bits per heavy atom. The monoisotopic (exact) mass is 971 g/mol. The van der Waals surface area contributed by atoms with E-state index in [4.69, 9.17) is 0 Å². The lowest BCUT2D eigenvalue weighted by Gasteiger charge is -2.29. The molecule has 4 aliphatic carbocycles. The molecule has 7 aromatic carbocycles. The Labute approximate surface area is 445 Å². The van der Waals surface area contributed by atoms with E-state index >= 15 is 0 Å². The summed E-state index contributed by atoms with van der Waals surface area (Å²) in [4.78, 5) is 0. The van der Waals surface area contributed by atoms with Gasteiger partial charge in [0.2, 0.25) is 0 Å². The van der Waals surface area contributed by atoms with E-state index in [1.807, 2.05) is 0 Å². The van der Waals surface area contributed by atoms with Crippen LogP contribution in [0.25, 0.3) is 82.5 Å². The van der Waals surface area contributed by atoms with Gasteiger partial charge in [-0.3, -0.25) is 0 Å². The molecule has 1 saturated carbocycles. The summed E-state index contributed by atoms with van der Waals surface area (Å²) < 4.78 is 0.